The van der Waals surface area contributed by atoms with Crippen LogP contribution in [-0.2, 0) is 4.79 Å². The molecule has 0 spiro atoms. The third-order valence-corrected chi connectivity index (χ3v) is 4.52. The van der Waals surface area contributed by atoms with Crippen molar-refractivity contribution in [1.29, 1.82) is 0 Å². The van der Waals surface area contributed by atoms with Crippen LogP contribution in [0.15, 0.2) is 34.5 Å². The van der Waals surface area contributed by atoms with E-state index in [1.54, 1.807) is 13.0 Å². The van der Waals surface area contributed by atoms with Gasteiger partial charge in [-0.15, -0.1) is 0 Å². The number of allylic oxidation sites excluding steroid dienone is 3. The molecular weight excluding hydrogens is 339 g/mol. The molecule has 4 heteroatoms. The Bertz CT molecular complexity index is 756. The van der Waals surface area contributed by atoms with Gasteiger partial charge in [0.25, 0.3) is 5.91 Å². The molecule has 0 aromatic heterocycles. The maximum atomic E-state index is 14.3. The number of unbranched alkanes of at least 4 members (excludes halogenated alkanes) is 1. The number of amides is 1. The van der Waals surface area contributed by atoms with E-state index in [9.17, 15) is 9.18 Å². The fraction of sp³-hybridized carbons (Fsp3) is 0.478. The molecule has 0 bridgehead atoms. The van der Waals surface area contributed by atoms with Crippen molar-refractivity contribution in [1.82, 2.24) is 4.90 Å². The third-order valence-electron chi connectivity index (χ3n) is 4.52. The van der Waals surface area contributed by atoms with Gasteiger partial charge in [0.2, 0.25) is 0 Å². The highest BCUT2D eigenvalue weighted by Crippen LogP contribution is 2.23. The predicted octanol–water partition coefficient (Wildman–Crippen LogP) is 6.11. The number of benzene rings is 1. The highest BCUT2D eigenvalue weighted by molar-refractivity contribution is 6.38. The summed E-state index contributed by atoms with van der Waals surface area (Å²) >= 11 is 0. The maximum absolute atomic E-state index is 14.3. The molecule has 0 fully saturated rings. The first-order valence-electron chi connectivity index (χ1n) is 9.68. The number of nitrogens with zero attached hydrogens (tertiary/aromatic N) is 2. The van der Waals surface area contributed by atoms with Gasteiger partial charge in [0.15, 0.2) is 0 Å². The quantitative estimate of drug-likeness (QED) is 0.507. The number of hydrogen-bond acceptors (Lipinski definition) is 2. The van der Waals surface area contributed by atoms with Gasteiger partial charge in [0, 0.05) is 24.4 Å². The van der Waals surface area contributed by atoms with Crippen LogP contribution in [-0.4, -0.2) is 29.6 Å². The molecule has 1 amide bonds. The van der Waals surface area contributed by atoms with E-state index in [0.717, 1.165) is 41.8 Å². The Morgan fingerprint density at radius 2 is 1.81 bits per heavy atom. The van der Waals surface area contributed by atoms with Gasteiger partial charge in [-0.3, -0.25) is 9.79 Å². The standard InChI is InChI=1S/C23H33FN2O/c1-8-10-13-26(9-2)23(27)19(7)25-18(6)17(5)20-11-12-21(14-16(3)4)22(24)15-20/h11-12,14-15H,8-10,13H2,1-7H3/b18-17+,25-19?. The average Bonchev–Trinajstić information content (AvgIpc) is 2.62. The highest BCUT2D eigenvalue weighted by Gasteiger charge is 2.15. The molecule has 0 unspecified atom stereocenters. The second-order valence-electron chi connectivity index (χ2n) is 7.10. The van der Waals surface area contributed by atoms with Gasteiger partial charge in [-0.2, -0.15) is 0 Å². The molecule has 3 nitrogen and oxygen atoms in total. The first-order chi connectivity index (χ1) is 12.7. The van der Waals surface area contributed by atoms with Crippen LogP contribution in [0, 0.1) is 5.82 Å². The van der Waals surface area contributed by atoms with Crippen LogP contribution in [0.1, 0.15) is 72.4 Å². The minimum Gasteiger partial charge on any atom is -0.338 e. The molecule has 148 valence electrons. The van der Waals surface area contributed by atoms with Gasteiger partial charge < -0.3 is 4.90 Å². The molecule has 0 aliphatic heterocycles. The lowest BCUT2D eigenvalue weighted by Gasteiger charge is -2.20. The van der Waals surface area contributed by atoms with Crippen LogP contribution in [0.4, 0.5) is 4.39 Å². The number of hydrogen-bond donors (Lipinski definition) is 0. The Morgan fingerprint density at radius 3 is 2.33 bits per heavy atom. The van der Waals surface area contributed by atoms with Crippen LogP contribution in [0.5, 0.6) is 0 Å². The van der Waals surface area contributed by atoms with Crippen LogP contribution < -0.4 is 0 Å². The van der Waals surface area contributed by atoms with Crippen molar-refractivity contribution in [3.05, 3.63) is 46.4 Å². The fourth-order valence-corrected chi connectivity index (χ4v) is 2.76. The molecule has 0 aliphatic carbocycles. The number of carbonyl (C=O) groups excluding carboxylic acids is 1. The van der Waals surface area contributed by atoms with Crippen LogP contribution >= 0.6 is 0 Å². The van der Waals surface area contributed by atoms with Crippen LogP contribution in [0.25, 0.3) is 11.6 Å². The van der Waals surface area contributed by atoms with Crippen LogP contribution in [0.2, 0.25) is 0 Å². The largest absolute Gasteiger partial charge is 0.338 e. The van der Waals surface area contributed by atoms with Gasteiger partial charge in [0.05, 0.1) is 0 Å². The summed E-state index contributed by atoms with van der Waals surface area (Å²) in [5, 5.41) is 0. The number of rotatable bonds is 8. The zero-order valence-electron chi connectivity index (χ0n) is 17.8. The minimum absolute atomic E-state index is 0.0387. The Morgan fingerprint density at radius 1 is 1.15 bits per heavy atom. The van der Waals surface area contributed by atoms with E-state index in [2.05, 4.69) is 11.9 Å². The Balaban J connectivity index is 3.10. The van der Waals surface area contributed by atoms with Crippen molar-refractivity contribution >= 4 is 23.3 Å². The van der Waals surface area contributed by atoms with Gasteiger partial charge in [-0.05, 0) is 65.2 Å². The molecule has 0 saturated carbocycles. The van der Waals surface area contributed by atoms with Crippen molar-refractivity contribution in [3.8, 4) is 0 Å². The molecule has 0 radical (unpaired) electrons. The summed E-state index contributed by atoms with van der Waals surface area (Å²) in [5.41, 5.74) is 4.45. The van der Waals surface area contributed by atoms with Crippen molar-refractivity contribution < 1.29 is 9.18 Å². The first kappa shape index (κ1) is 22.8. The average molecular weight is 373 g/mol. The van der Waals surface area contributed by atoms with E-state index in [0.29, 0.717) is 17.8 Å². The fourth-order valence-electron chi connectivity index (χ4n) is 2.76. The second-order valence-corrected chi connectivity index (χ2v) is 7.10. The topological polar surface area (TPSA) is 32.7 Å². The van der Waals surface area contributed by atoms with E-state index in [1.165, 1.54) is 6.07 Å². The molecule has 0 aliphatic rings. The third kappa shape index (κ3) is 6.78. The summed E-state index contributed by atoms with van der Waals surface area (Å²) in [5.74, 6) is -0.294. The molecule has 1 aromatic carbocycles. The maximum Gasteiger partial charge on any atom is 0.267 e. The monoisotopic (exact) mass is 372 g/mol. The highest BCUT2D eigenvalue weighted by atomic mass is 19.1. The Hall–Kier alpha value is -2.23. The zero-order valence-corrected chi connectivity index (χ0v) is 17.8. The molecule has 0 N–H and O–H groups in total. The molecule has 1 aromatic rings. The van der Waals surface area contributed by atoms with E-state index in [4.69, 9.17) is 0 Å². The molecular formula is C23H33FN2O. The summed E-state index contributed by atoms with van der Waals surface area (Å²) in [4.78, 5) is 18.9. The lowest BCUT2D eigenvalue weighted by molar-refractivity contribution is -0.124. The molecule has 1 rings (SSSR count). The zero-order chi connectivity index (χ0) is 20.6. The Labute approximate surface area is 163 Å². The van der Waals surface area contributed by atoms with Gasteiger partial charge in [-0.1, -0.05) is 37.1 Å². The smallest absolute Gasteiger partial charge is 0.267 e. The van der Waals surface area contributed by atoms with Crippen molar-refractivity contribution in [2.75, 3.05) is 13.1 Å². The summed E-state index contributed by atoms with van der Waals surface area (Å²) in [6.07, 6.45) is 3.85. The minimum atomic E-state index is -0.255. The molecule has 0 saturated heterocycles. The summed E-state index contributed by atoms with van der Waals surface area (Å²) in [6.45, 7) is 14.9. The van der Waals surface area contributed by atoms with Gasteiger partial charge in [-0.25, -0.2) is 4.39 Å². The number of halogens is 1. The SMILES string of the molecule is CCCCN(CC)C(=O)C(C)=N/C(C)=C(\C)c1ccc(C=C(C)C)c(F)c1. The second kappa shape index (κ2) is 10.8. The lowest BCUT2D eigenvalue weighted by Crippen LogP contribution is -2.36. The normalized spacial score (nSPS) is 12.5. The Kier molecular flexibility index (Phi) is 9.13. The number of carbonyl (C=O) groups is 1. The molecule has 0 heterocycles. The van der Waals surface area contributed by atoms with Crippen molar-refractivity contribution in [2.24, 2.45) is 4.99 Å². The van der Waals surface area contributed by atoms with E-state index < -0.39 is 0 Å². The lowest BCUT2D eigenvalue weighted by atomic mass is 10.0. The summed E-state index contributed by atoms with van der Waals surface area (Å²) in [6, 6.07) is 5.20. The van der Waals surface area contributed by atoms with Crippen molar-refractivity contribution in [3.63, 3.8) is 0 Å². The summed E-state index contributed by atoms with van der Waals surface area (Å²) < 4.78 is 14.3. The van der Waals surface area contributed by atoms with Gasteiger partial charge >= 0.3 is 0 Å². The predicted molar refractivity (Wildman–Crippen MR) is 114 cm³/mol. The van der Waals surface area contributed by atoms with Crippen molar-refractivity contribution in [2.45, 2.75) is 61.3 Å². The van der Waals surface area contributed by atoms with Crippen LogP contribution in [0.3, 0.4) is 0 Å². The van der Waals surface area contributed by atoms with E-state index in [1.807, 2.05) is 51.7 Å². The van der Waals surface area contributed by atoms with E-state index in [-0.39, 0.29) is 11.7 Å². The van der Waals surface area contributed by atoms with Gasteiger partial charge in [0.1, 0.15) is 11.5 Å². The van der Waals surface area contributed by atoms with E-state index >= 15 is 0 Å². The summed E-state index contributed by atoms with van der Waals surface area (Å²) in [7, 11) is 0. The number of aliphatic imine (C=N–C) groups is 1. The molecule has 0 atom stereocenters. The molecule has 27 heavy (non-hydrogen) atoms. The first-order valence-corrected chi connectivity index (χ1v) is 9.68.